The van der Waals surface area contributed by atoms with Gasteiger partial charge >= 0.3 is 0 Å². The van der Waals surface area contributed by atoms with Crippen LogP contribution in [-0.4, -0.2) is 40.9 Å². The Morgan fingerprint density at radius 2 is 1.84 bits per heavy atom. The van der Waals surface area contributed by atoms with Crippen LogP contribution in [0.2, 0.25) is 0 Å². The molecule has 0 aliphatic heterocycles. The molecule has 2 aliphatic rings. The van der Waals surface area contributed by atoms with E-state index in [2.05, 4.69) is 15.7 Å². The SMILES string of the molecule is COc1cc(C(=O)Nc2cnn(CC(=O)NC3CCCC3)c2)ccc1OC1CCCC1. The zero-order chi connectivity index (χ0) is 21.6. The predicted octanol–water partition coefficient (Wildman–Crippen LogP) is 3.52. The number of methoxy groups -OCH3 is 1. The molecular formula is C23H30N4O4. The van der Waals surface area contributed by atoms with E-state index in [-0.39, 0.29) is 30.5 Å². The number of ether oxygens (including phenoxy) is 2. The van der Waals surface area contributed by atoms with Crippen LogP contribution in [0.5, 0.6) is 11.5 Å². The van der Waals surface area contributed by atoms with Crippen LogP contribution in [-0.2, 0) is 11.3 Å². The zero-order valence-electron chi connectivity index (χ0n) is 17.9. The van der Waals surface area contributed by atoms with Crippen molar-refractivity contribution < 1.29 is 19.1 Å². The van der Waals surface area contributed by atoms with Crippen LogP contribution in [0.4, 0.5) is 5.69 Å². The van der Waals surface area contributed by atoms with Gasteiger partial charge in [0.15, 0.2) is 11.5 Å². The number of hydrogen-bond acceptors (Lipinski definition) is 5. The summed E-state index contributed by atoms with van der Waals surface area (Å²) in [5.74, 6) is 0.863. The molecule has 4 rings (SSSR count). The Kier molecular flexibility index (Phi) is 6.74. The summed E-state index contributed by atoms with van der Waals surface area (Å²) in [6, 6.07) is 5.46. The first-order valence-corrected chi connectivity index (χ1v) is 11.1. The van der Waals surface area contributed by atoms with Crippen LogP contribution in [0.15, 0.2) is 30.6 Å². The van der Waals surface area contributed by atoms with Crippen molar-refractivity contribution in [2.75, 3.05) is 12.4 Å². The van der Waals surface area contributed by atoms with Gasteiger partial charge in [-0.1, -0.05) is 12.8 Å². The third-order valence-corrected chi connectivity index (χ3v) is 5.94. The Balaban J connectivity index is 1.34. The smallest absolute Gasteiger partial charge is 0.255 e. The van der Waals surface area contributed by atoms with Gasteiger partial charge in [0.25, 0.3) is 5.91 Å². The average Bonchev–Trinajstić information content (AvgIpc) is 3.52. The zero-order valence-corrected chi connectivity index (χ0v) is 17.9. The van der Waals surface area contributed by atoms with Crippen molar-refractivity contribution in [2.45, 2.75) is 70.1 Å². The van der Waals surface area contributed by atoms with Gasteiger partial charge < -0.3 is 20.1 Å². The van der Waals surface area contributed by atoms with Gasteiger partial charge in [-0.2, -0.15) is 5.10 Å². The van der Waals surface area contributed by atoms with E-state index in [4.69, 9.17) is 9.47 Å². The lowest BCUT2D eigenvalue weighted by Gasteiger charge is -2.16. The maximum Gasteiger partial charge on any atom is 0.255 e. The minimum Gasteiger partial charge on any atom is -0.493 e. The molecule has 0 spiro atoms. The van der Waals surface area contributed by atoms with Crippen LogP contribution < -0.4 is 20.1 Å². The van der Waals surface area contributed by atoms with Crippen LogP contribution in [0, 0.1) is 0 Å². The Morgan fingerprint density at radius 3 is 2.58 bits per heavy atom. The van der Waals surface area contributed by atoms with E-state index in [0.717, 1.165) is 25.7 Å². The third kappa shape index (κ3) is 5.57. The Bertz CT molecular complexity index is 914. The Labute approximate surface area is 182 Å². The van der Waals surface area contributed by atoms with Gasteiger partial charge in [-0.3, -0.25) is 14.3 Å². The van der Waals surface area contributed by atoms with E-state index in [1.54, 1.807) is 31.5 Å². The first kappa shape index (κ1) is 21.2. The van der Waals surface area contributed by atoms with Crippen molar-refractivity contribution >= 4 is 17.5 Å². The maximum atomic E-state index is 12.7. The minimum absolute atomic E-state index is 0.0598. The van der Waals surface area contributed by atoms with Gasteiger partial charge in [0, 0.05) is 17.8 Å². The summed E-state index contributed by atoms with van der Waals surface area (Å²) < 4.78 is 13.0. The fourth-order valence-corrected chi connectivity index (χ4v) is 4.30. The number of amides is 2. The molecule has 2 fully saturated rings. The Morgan fingerprint density at radius 1 is 1.10 bits per heavy atom. The highest BCUT2D eigenvalue weighted by molar-refractivity contribution is 6.04. The fraction of sp³-hybridized carbons (Fsp3) is 0.522. The van der Waals surface area contributed by atoms with Gasteiger partial charge in [-0.15, -0.1) is 0 Å². The molecule has 8 heteroatoms. The summed E-state index contributed by atoms with van der Waals surface area (Å²) in [5, 5.41) is 10.0. The molecule has 2 amide bonds. The lowest BCUT2D eigenvalue weighted by atomic mass is 10.2. The second-order valence-corrected chi connectivity index (χ2v) is 8.32. The highest BCUT2D eigenvalue weighted by atomic mass is 16.5. The van der Waals surface area contributed by atoms with Crippen LogP contribution in [0.25, 0.3) is 0 Å². The fourth-order valence-electron chi connectivity index (χ4n) is 4.30. The summed E-state index contributed by atoms with van der Waals surface area (Å²) in [6.07, 6.45) is 12.3. The summed E-state index contributed by atoms with van der Waals surface area (Å²) in [4.78, 5) is 24.8. The number of rotatable bonds is 8. The van der Waals surface area contributed by atoms with Gasteiger partial charge in [0.1, 0.15) is 6.54 Å². The number of nitrogens with zero attached hydrogens (tertiary/aromatic N) is 2. The van der Waals surface area contributed by atoms with Crippen LogP contribution in [0.3, 0.4) is 0 Å². The molecular weight excluding hydrogens is 396 g/mol. The number of carbonyl (C=O) groups excluding carboxylic acids is 2. The van der Waals surface area contributed by atoms with E-state index in [9.17, 15) is 9.59 Å². The lowest BCUT2D eigenvalue weighted by Crippen LogP contribution is -2.35. The largest absolute Gasteiger partial charge is 0.493 e. The summed E-state index contributed by atoms with van der Waals surface area (Å²) in [5.41, 5.74) is 0.992. The lowest BCUT2D eigenvalue weighted by molar-refractivity contribution is -0.122. The molecule has 31 heavy (non-hydrogen) atoms. The van der Waals surface area contributed by atoms with Gasteiger partial charge in [0.2, 0.25) is 5.91 Å². The molecule has 0 atom stereocenters. The molecule has 2 aromatic rings. The molecule has 0 radical (unpaired) electrons. The van der Waals surface area contributed by atoms with Crippen molar-refractivity contribution in [1.82, 2.24) is 15.1 Å². The van der Waals surface area contributed by atoms with Crippen molar-refractivity contribution in [1.29, 1.82) is 0 Å². The second kappa shape index (κ2) is 9.85. The number of carbonyl (C=O) groups is 2. The minimum atomic E-state index is -0.277. The molecule has 1 aromatic carbocycles. The van der Waals surface area contributed by atoms with E-state index in [0.29, 0.717) is 22.7 Å². The van der Waals surface area contributed by atoms with Gasteiger partial charge in [-0.25, -0.2) is 0 Å². The van der Waals surface area contributed by atoms with Crippen molar-refractivity contribution in [2.24, 2.45) is 0 Å². The third-order valence-electron chi connectivity index (χ3n) is 5.94. The monoisotopic (exact) mass is 426 g/mol. The van der Waals surface area contributed by atoms with E-state index < -0.39 is 0 Å². The first-order chi connectivity index (χ1) is 15.1. The van der Waals surface area contributed by atoms with Crippen molar-refractivity contribution in [3.05, 3.63) is 36.2 Å². The van der Waals surface area contributed by atoms with E-state index >= 15 is 0 Å². The maximum absolute atomic E-state index is 12.7. The predicted molar refractivity (Wildman–Crippen MR) is 116 cm³/mol. The molecule has 2 aliphatic carbocycles. The first-order valence-electron chi connectivity index (χ1n) is 11.1. The molecule has 0 saturated heterocycles. The highest BCUT2D eigenvalue weighted by Gasteiger charge is 2.20. The number of hydrogen-bond donors (Lipinski definition) is 2. The van der Waals surface area contributed by atoms with Gasteiger partial charge in [0.05, 0.1) is 25.1 Å². The summed E-state index contributed by atoms with van der Waals surface area (Å²) in [7, 11) is 1.57. The molecule has 2 N–H and O–H groups in total. The highest BCUT2D eigenvalue weighted by Crippen LogP contribution is 2.32. The van der Waals surface area contributed by atoms with Crippen LogP contribution >= 0.6 is 0 Å². The topological polar surface area (TPSA) is 94.5 Å². The quantitative estimate of drug-likeness (QED) is 0.673. The number of aromatic nitrogens is 2. The average molecular weight is 427 g/mol. The molecule has 166 valence electrons. The molecule has 1 heterocycles. The van der Waals surface area contributed by atoms with Crippen LogP contribution in [0.1, 0.15) is 61.7 Å². The standard InChI is InChI=1S/C23H30N4O4/c1-30-21-12-16(10-11-20(21)31-19-8-4-5-9-19)23(29)26-18-13-24-27(14-18)15-22(28)25-17-6-2-3-7-17/h10-14,17,19H,2-9,15H2,1H3,(H,25,28)(H,26,29). The van der Waals surface area contributed by atoms with E-state index in [1.165, 1.54) is 36.6 Å². The summed E-state index contributed by atoms with van der Waals surface area (Å²) >= 11 is 0. The molecule has 8 nitrogen and oxygen atoms in total. The second-order valence-electron chi connectivity index (χ2n) is 8.32. The van der Waals surface area contributed by atoms with Crippen molar-refractivity contribution in [3.8, 4) is 11.5 Å². The number of benzene rings is 1. The van der Waals surface area contributed by atoms with Gasteiger partial charge in [-0.05, 0) is 56.7 Å². The molecule has 0 bridgehead atoms. The summed E-state index contributed by atoms with van der Waals surface area (Å²) in [6.45, 7) is 0.132. The molecule has 0 unspecified atom stereocenters. The van der Waals surface area contributed by atoms with E-state index in [1.807, 2.05) is 0 Å². The molecule has 2 saturated carbocycles. The van der Waals surface area contributed by atoms with Crippen molar-refractivity contribution in [3.63, 3.8) is 0 Å². The number of nitrogens with one attached hydrogen (secondary N) is 2. The Hall–Kier alpha value is -3.03. The normalized spacial score (nSPS) is 16.9. The molecule has 1 aromatic heterocycles. The number of anilines is 1.